The number of halogens is 1. The maximum Gasteiger partial charge on any atom is 0.164 e. The van der Waals surface area contributed by atoms with Gasteiger partial charge in [0.15, 0.2) is 5.78 Å². The maximum absolute atomic E-state index is 13.4. The van der Waals surface area contributed by atoms with Crippen LogP contribution in [0.4, 0.5) is 0 Å². The van der Waals surface area contributed by atoms with Gasteiger partial charge in [-0.25, -0.2) is 0 Å². The molecule has 4 heteroatoms. The Bertz CT molecular complexity index is 977. The molecule has 0 N–H and O–H groups in total. The normalized spacial score (nSPS) is 11.2. The van der Waals surface area contributed by atoms with Gasteiger partial charge in [0.05, 0.1) is 6.61 Å². The summed E-state index contributed by atoms with van der Waals surface area (Å²) in [5.41, 5.74) is 3.64. The highest BCUT2D eigenvalue weighted by atomic mass is 35.5. The van der Waals surface area contributed by atoms with Crippen molar-refractivity contribution >= 4 is 18.2 Å². The lowest BCUT2D eigenvalue weighted by molar-refractivity contribution is 0.0962. The fourth-order valence-corrected chi connectivity index (χ4v) is 4.40. The van der Waals surface area contributed by atoms with E-state index in [0.717, 1.165) is 54.1 Å². The molecular formula is C30H38ClNO2. The fourth-order valence-electron chi connectivity index (χ4n) is 4.40. The van der Waals surface area contributed by atoms with Crippen molar-refractivity contribution in [3.05, 3.63) is 101 Å². The third kappa shape index (κ3) is 6.94. The number of benzene rings is 3. The Morgan fingerprint density at radius 1 is 0.882 bits per heavy atom. The highest BCUT2D eigenvalue weighted by Crippen LogP contribution is 2.36. The standard InChI is InChI=1S/C30H37NO2.ClH/c1-5-31(6-2)20-13-21-33-29-19-18-25(22-24(29)3)28(32)23-30(4,26-14-9-7-10-15-26)27-16-11-8-12-17-27;/h7-12,14-19,22H,5-6,13,20-21,23H2,1-4H3;1H. The predicted molar refractivity (Wildman–Crippen MR) is 145 cm³/mol. The molecule has 0 saturated carbocycles. The van der Waals surface area contributed by atoms with Gasteiger partial charge in [-0.1, -0.05) is 81.4 Å². The monoisotopic (exact) mass is 479 g/mol. The molecule has 3 nitrogen and oxygen atoms in total. The molecule has 182 valence electrons. The van der Waals surface area contributed by atoms with Gasteiger partial charge in [0.2, 0.25) is 0 Å². The van der Waals surface area contributed by atoms with E-state index in [1.165, 1.54) is 0 Å². The number of hydrogen-bond acceptors (Lipinski definition) is 3. The zero-order valence-electron chi connectivity index (χ0n) is 20.9. The van der Waals surface area contributed by atoms with E-state index in [2.05, 4.69) is 49.9 Å². The van der Waals surface area contributed by atoms with Crippen molar-refractivity contribution < 1.29 is 9.53 Å². The minimum atomic E-state index is -0.396. The molecule has 0 aliphatic carbocycles. The molecule has 0 fully saturated rings. The number of carbonyl (C=O) groups is 1. The maximum atomic E-state index is 13.4. The van der Waals surface area contributed by atoms with E-state index in [9.17, 15) is 4.79 Å². The number of ketones is 1. The van der Waals surface area contributed by atoms with Crippen LogP contribution in [0.25, 0.3) is 0 Å². The van der Waals surface area contributed by atoms with E-state index < -0.39 is 5.41 Å². The Kier molecular flexibility index (Phi) is 10.8. The number of Topliss-reactive ketones (excluding diaryl/α,β-unsaturated/α-hetero) is 1. The molecule has 0 atom stereocenters. The molecule has 3 rings (SSSR count). The van der Waals surface area contributed by atoms with Crippen molar-refractivity contribution in [2.24, 2.45) is 0 Å². The van der Waals surface area contributed by atoms with Crippen LogP contribution in [0.2, 0.25) is 0 Å². The third-order valence-electron chi connectivity index (χ3n) is 6.60. The topological polar surface area (TPSA) is 29.5 Å². The zero-order valence-corrected chi connectivity index (χ0v) is 21.7. The molecule has 0 aliphatic rings. The quantitative estimate of drug-likeness (QED) is 0.205. The minimum Gasteiger partial charge on any atom is -0.493 e. The molecule has 3 aromatic rings. The molecule has 0 saturated heterocycles. The van der Waals surface area contributed by atoms with Gasteiger partial charge in [-0.2, -0.15) is 0 Å². The predicted octanol–water partition coefficient (Wildman–Crippen LogP) is 7.11. The summed E-state index contributed by atoms with van der Waals surface area (Å²) in [5, 5.41) is 0. The SMILES string of the molecule is CCN(CC)CCCOc1ccc(C(=O)CC(C)(c2ccccc2)c2ccccc2)cc1C.Cl. The first-order valence-corrected chi connectivity index (χ1v) is 12.1. The van der Waals surface area contributed by atoms with Crippen LogP contribution in [-0.2, 0) is 5.41 Å². The van der Waals surface area contributed by atoms with E-state index in [1.807, 2.05) is 61.5 Å². The first-order chi connectivity index (χ1) is 16.0. The molecule has 0 bridgehead atoms. The summed E-state index contributed by atoms with van der Waals surface area (Å²) in [6.45, 7) is 12.4. The van der Waals surface area contributed by atoms with Crippen LogP contribution < -0.4 is 4.74 Å². The number of hydrogen-bond donors (Lipinski definition) is 0. The summed E-state index contributed by atoms with van der Waals surface area (Å²) in [6.07, 6.45) is 1.40. The molecule has 3 aromatic carbocycles. The Morgan fingerprint density at radius 2 is 1.44 bits per heavy atom. The lowest BCUT2D eigenvalue weighted by Gasteiger charge is -2.30. The number of rotatable bonds is 12. The Morgan fingerprint density at radius 3 is 1.94 bits per heavy atom. The van der Waals surface area contributed by atoms with Gasteiger partial charge in [-0.05, 0) is 61.3 Å². The van der Waals surface area contributed by atoms with Crippen molar-refractivity contribution in [3.63, 3.8) is 0 Å². The molecule has 34 heavy (non-hydrogen) atoms. The second kappa shape index (κ2) is 13.3. The van der Waals surface area contributed by atoms with E-state index in [0.29, 0.717) is 13.0 Å². The zero-order chi connectivity index (χ0) is 23.7. The average Bonchev–Trinajstić information content (AvgIpc) is 2.86. The summed E-state index contributed by atoms with van der Waals surface area (Å²) in [4.78, 5) is 15.8. The van der Waals surface area contributed by atoms with Crippen LogP contribution in [0, 0.1) is 6.92 Å². The lowest BCUT2D eigenvalue weighted by atomic mass is 9.72. The summed E-state index contributed by atoms with van der Waals surface area (Å²) < 4.78 is 6.01. The lowest BCUT2D eigenvalue weighted by Crippen LogP contribution is -2.27. The van der Waals surface area contributed by atoms with Crippen LogP contribution in [0.5, 0.6) is 5.75 Å². The van der Waals surface area contributed by atoms with E-state index in [-0.39, 0.29) is 18.2 Å². The van der Waals surface area contributed by atoms with E-state index in [4.69, 9.17) is 4.74 Å². The van der Waals surface area contributed by atoms with Gasteiger partial charge >= 0.3 is 0 Å². The summed E-state index contributed by atoms with van der Waals surface area (Å²) >= 11 is 0. The van der Waals surface area contributed by atoms with Gasteiger partial charge in [-0.3, -0.25) is 4.79 Å². The van der Waals surface area contributed by atoms with Crippen molar-refractivity contribution in [3.8, 4) is 5.75 Å². The third-order valence-corrected chi connectivity index (χ3v) is 6.60. The van der Waals surface area contributed by atoms with Crippen LogP contribution in [-0.4, -0.2) is 36.9 Å². The van der Waals surface area contributed by atoms with E-state index >= 15 is 0 Å². The number of ether oxygens (including phenoxy) is 1. The van der Waals surface area contributed by atoms with Gasteiger partial charge < -0.3 is 9.64 Å². The fraction of sp³-hybridized carbons (Fsp3) is 0.367. The van der Waals surface area contributed by atoms with Crippen molar-refractivity contribution in [2.75, 3.05) is 26.2 Å². The molecule has 0 amide bonds. The molecular weight excluding hydrogens is 442 g/mol. The van der Waals surface area contributed by atoms with Crippen LogP contribution in [0.3, 0.4) is 0 Å². The summed E-state index contributed by atoms with van der Waals surface area (Å²) in [7, 11) is 0. The summed E-state index contributed by atoms with van der Waals surface area (Å²) in [5.74, 6) is 1.00. The molecule has 0 radical (unpaired) electrons. The number of nitrogens with zero attached hydrogens (tertiary/aromatic N) is 1. The van der Waals surface area contributed by atoms with Crippen LogP contribution >= 0.6 is 12.4 Å². The average molecular weight is 480 g/mol. The van der Waals surface area contributed by atoms with Crippen LogP contribution in [0.1, 0.15) is 60.7 Å². The largest absolute Gasteiger partial charge is 0.493 e. The summed E-state index contributed by atoms with van der Waals surface area (Å²) in [6, 6.07) is 26.5. The first kappa shape index (κ1) is 27.6. The highest BCUT2D eigenvalue weighted by Gasteiger charge is 2.32. The van der Waals surface area contributed by atoms with Gasteiger partial charge in [0.25, 0.3) is 0 Å². The van der Waals surface area contributed by atoms with E-state index in [1.54, 1.807) is 0 Å². The van der Waals surface area contributed by atoms with Gasteiger partial charge in [-0.15, -0.1) is 12.4 Å². The Labute approximate surface area is 211 Å². The van der Waals surface area contributed by atoms with Gasteiger partial charge in [0, 0.05) is 23.9 Å². The molecule has 0 spiro atoms. The highest BCUT2D eigenvalue weighted by molar-refractivity contribution is 5.97. The number of aryl methyl sites for hydroxylation is 1. The molecule has 0 heterocycles. The molecule has 0 aliphatic heterocycles. The van der Waals surface area contributed by atoms with Gasteiger partial charge in [0.1, 0.15) is 5.75 Å². The smallest absolute Gasteiger partial charge is 0.164 e. The number of carbonyl (C=O) groups excluding carboxylic acids is 1. The minimum absolute atomic E-state index is 0. The second-order valence-corrected chi connectivity index (χ2v) is 8.87. The second-order valence-electron chi connectivity index (χ2n) is 8.87. The molecule has 0 unspecified atom stereocenters. The van der Waals surface area contributed by atoms with Crippen molar-refractivity contribution in [1.82, 2.24) is 4.90 Å². The Balaban J connectivity index is 0.00000408. The first-order valence-electron chi connectivity index (χ1n) is 12.1. The van der Waals surface area contributed by atoms with Crippen LogP contribution in [0.15, 0.2) is 78.9 Å². The molecule has 0 aromatic heterocycles. The van der Waals surface area contributed by atoms with Crippen molar-refractivity contribution in [2.45, 2.75) is 46.0 Å². The Hall–Kier alpha value is -2.62. The van der Waals surface area contributed by atoms with Crippen molar-refractivity contribution in [1.29, 1.82) is 0 Å².